The van der Waals surface area contributed by atoms with Crippen molar-refractivity contribution in [3.63, 3.8) is 0 Å². The minimum absolute atomic E-state index is 0.00345. The number of nitrogens with zero attached hydrogens (tertiary/aromatic N) is 6. The Hall–Kier alpha value is -2.84. The maximum absolute atomic E-state index is 13.2. The third kappa shape index (κ3) is 4.78. The highest BCUT2D eigenvalue weighted by atomic mass is 79.9. The maximum Gasteiger partial charge on any atom is 0.256 e. The SMILES string of the molecule is O=C(c1cc(Br)ccc1-n1cnnn1)N1CCN(C/C=C/c2ccccc2)CC1. The molecule has 0 aliphatic carbocycles. The van der Waals surface area contributed by atoms with Crippen molar-refractivity contribution < 1.29 is 4.79 Å². The molecule has 0 radical (unpaired) electrons. The third-order valence-corrected chi connectivity index (χ3v) is 5.41. The summed E-state index contributed by atoms with van der Waals surface area (Å²) in [5.74, 6) is -0.00345. The molecule has 7 nitrogen and oxygen atoms in total. The average Bonchev–Trinajstić information content (AvgIpc) is 3.29. The van der Waals surface area contributed by atoms with Gasteiger partial charge in [0.05, 0.1) is 11.3 Å². The first-order valence-corrected chi connectivity index (χ1v) is 10.3. The van der Waals surface area contributed by atoms with E-state index >= 15 is 0 Å². The van der Waals surface area contributed by atoms with Crippen LogP contribution in [0.2, 0.25) is 0 Å². The largest absolute Gasteiger partial charge is 0.336 e. The topological polar surface area (TPSA) is 67.2 Å². The van der Waals surface area contributed by atoms with Gasteiger partial charge in [-0.2, -0.15) is 4.68 Å². The first kappa shape index (κ1) is 19.5. The number of halogens is 1. The second kappa shape index (κ2) is 9.11. The van der Waals surface area contributed by atoms with Gasteiger partial charge in [0.1, 0.15) is 6.33 Å². The number of amides is 1. The predicted molar refractivity (Wildman–Crippen MR) is 115 cm³/mol. The molecule has 2 heterocycles. The zero-order chi connectivity index (χ0) is 20.1. The first-order chi connectivity index (χ1) is 14.2. The summed E-state index contributed by atoms with van der Waals surface area (Å²) in [6.07, 6.45) is 5.81. The van der Waals surface area contributed by atoms with E-state index in [4.69, 9.17) is 0 Å². The first-order valence-electron chi connectivity index (χ1n) is 9.47. The summed E-state index contributed by atoms with van der Waals surface area (Å²) in [6, 6.07) is 15.8. The molecule has 1 fully saturated rings. The molecule has 1 aliphatic heterocycles. The van der Waals surface area contributed by atoms with E-state index in [1.165, 1.54) is 16.6 Å². The Morgan fingerprint density at radius 2 is 1.86 bits per heavy atom. The summed E-state index contributed by atoms with van der Waals surface area (Å²) < 4.78 is 2.37. The minimum Gasteiger partial charge on any atom is -0.336 e. The number of tetrazole rings is 1. The lowest BCUT2D eigenvalue weighted by molar-refractivity contribution is 0.0650. The number of benzene rings is 2. The molecule has 0 N–H and O–H groups in total. The van der Waals surface area contributed by atoms with Crippen molar-refractivity contribution in [2.45, 2.75) is 0 Å². The van der Waals surface area contributed by atoms with Crippen molar-refractivity contribution in [2.75, 3.05) is 32.7 Å². The van der Waals surface area contributed by atoms with Crippen molar-refractivity contribution in [2.24, 2.45) is 0 Å². The van der Waals surface area contributed by atoms with Gasteiger partial charge in [-0.3, -0.25) is 9.69 Å². The van der Waals surface area contributed by atoms with E-state index in [1.54, 1.807) is 0 Å². The van der Waals surface area contributed by atoms with Crippen LogP contribution in [0.5, 0.6) is 0 Å². The fourth-order valence-electron chi connectivity index (χ4n) is 3.36. The normalized spacial score (nSPS) is 15.1. The van der Waals surface area contributed by atoms with E-state index in [-0.39, 0.29) is 5.91 Å². The van der Waals surface area contributed by atoms with E-state index in [9.17, 15) is 4.79 Å². The van der Waals surface area contributed by atoms with Gasteiger partial charge in [0.25, 0.3) is 5.91 Å². The standard InChI is InChI=1S/C21H21BrN6O/c22-18-8-9-20(28-16-23-24-25-28)19(15-18)21(29)27-13-11-26(12-14-27)10-4-7-17-5-2-1-3-6-17/h1-9,15-16H,10-14H2/b7-4+. The van der Waals surface area contributed by atoms with E-state index in [2.05, 4.69) is 60.6 Å². The van der Waals surface area contributed by atoms with Gasteiger partial charge in [-0.1, -0.05) is 58.4 Å². The fourth-order valence-corrected chi connectivity index (χ4v) is 3.72. The Balaban J connectivity index is 1.38. The molecule has 1 saturated heterocycles. The molecule has 1 amide bonds. The van der Waals surface area contributed by atoms with Gasteiger partial charge in [-0.15, -0.1) is 5.10 Å². The second-order valence-electron chi connectivity index (χ2n) is 6.82. The molecule has 0 spiro atoms. The molecule has 0 saturated carbocycles. The maximum atomic E-state index is 13.2. The molecule has 2 aromatic carbocycles. The number of aromatic nitrogens is 4. The number of hydrogen-bond donors (Lipinski definition) is 0. The van der Waals surface area contributed by atoms with E-state index in [1.807, 2.05) is 41.3 Å². The van der Waals surface area contributed by atoms with Gasteiger partial charge in [-0.25, -0.2) is 0 Å². The van der Waals surface area contributed by atoms with Gasteiger partial charge in [0, 0.05) is 37.2 Å². The van der Waals surface area contributed by atoms with Crippen LogP contribution in [0.1, 0.15) is 15.9 Å². The van der Waals surface area contributed by atoms with Gasteiger partial charge in [0.2, 0.25) is 0 Å². The quantitative estimate of drug-likeness (QED) is 0.595. The van der Waals surface area contributed by atoms with E-state index in [0.717, 1.165) is 24.1 Å². The van der Waals surface area contributed by atoms with Crippen LogP contribution in [-0.4, -0.2) is 68.6 Å². The smallest absolute Gasteiger partial charge is 0.256 e. The highest BCUT2D eigenvalue weighted by Crippen LogP contribution is 2.21. The lowest BCUT2D eigenvalue weighted by Crippen LogP contribution is -2.48. The van der Waals surface area contributed by atoms with Crippen molar-refractivity contribution in [3.8, 4) is 5.69 Å². The average molecular weight is 453 g/mol. The fraction of sp³-hybridized carbons (Fsp3) is 0.238. The zero-order valence-corrected chi connectivity index (χ0v) is 17.4. The van der Waals surface area contributed by atoms with Crippen LogP contribution in [0.4, 0.5) is 0 Å². The van der Waals surface area contributed by atoms with Crippen LogP contribution in [-0.2, 0) is 0 Å². The van der Waals surface area contributed by atoms with Gasteiger partial charge in [-0.05, 0) is 34.2 Å². The van der Waals surface area contributed by atoms with Crippen LogP contribution in [0.15, 0.2) is 65.4 Å². The summed E-state index contributed by atoms with van der Waals surface area (Å²) in [4.78, 5) is 17.4. The summed E-state index contributed by atoms with van der Waals surface area (Å²) >= 11 is 3.46. The molecule has 0 atom stereocenters. The number of carbonyl (C=O) groups is 1. The van der Waals surface area contributed by atoms with Crippen LogP contribution >= 0.6 is 15.9 Å². The van der Waals surface area contributed by atoms with Crippen molar-refractivity contribution >= 4 is 27.9 Å². The van der Waals surface area contributed by atoms with Gasteiger partial charge in [0.15, 0.2) is 0 Å². The monoisotopic (exact) mass is 452 g/mol. The molecule has 148 valence electrons. The zero-order valence-electron chi connectivity index (χ0n) is 15.9. The lowest BCUT2D eigenvalue weighted by Gasteiger charge is -2.34. The molecule has 8 heteroatoms. The third-order valence-electron chi connectivity index (χ3n) is 4.92. The van der Waals surface area contributed by atoms with E-state index in [0.29, 0.717) is 24.3 Å². The molecule has 0 unspecified atom stereocenters. The summed E-state index contributed by atoms with van der Waals surface area (Å²) in [7, 11) is 0. The van der Waals surface area contributed by atoms with Crippen LogP contribution in [0.3, 0.4) is 0 Å². The van der Waals surface area contributed by atoms with Crippen molar-refractivity contribution in [1.82, 2.24) is 30.0 Å². The molecule has 29 heavy (non-hydrogen) atoms. The Morgan fingerprint density at radius 3 is 2.59 bits per heavy atom. The Bertz CT molecular complexity index is 982. The summed E-state index contributed by atoms with van der Waals surface area (Å²) in [6.45, 7) is 3.96. The molecular weight excluding hydrogens is 432 g/mol. The Kier molecular flexibility index (Phi) is 6.12. The van der Waals surface area contributed by atoms with Crippen molar-refractivity contribution in [3.05, 3.63) is 76.5 Å². The highest BCUT2D eigenvalue weighted by Gasteiger charge is 2.24. The molecular formula is C21H21BrN6O. The number of piperazine rings is 1. The second-order valence-corrected chi connectivity index (χ2v) is 7.74. The Morgan fingerprint density at radius 1 is 1.07 bits per heavy atom. The van der Waals surface area contributed by atoms with Crippen LogP contribution < -0.4 is 0 Å². The molecule has 1 aromatic heterocycles. The molecule has 4 rings (SSSR count). The van der Waals surface area contributed by atoms with Gasteiger partial charge < -0.3 is 4.90 Å². The lowest BCUT2D eigenvalue weighted by atomic mass is 10.1. The van der Waals surface area contributed by atoms with Crippen LogP contribution in [0.25, 0.3) is 11.8 Å². The molecule has 3 aromatic rings. The summed E-state index contributed by atoms with van der Waals surface area (Å²) in [5, 5.41) is 11.3. The summed E-state index contributed by atoms with van der Waals surface area (Å²) in [5.41, 5.74) is 2.46. The highest BCUT2D eigenvalue weighted by molar-refractivity contribution is 9.10. The number of hydrogen-bond acceptors (Lipinski definition) is 5. The molecule has 1 aliphatic rings. The molecule has 0 bridgehead atoms. The van der Waals surface area contributed by atoms with Crippen LogP contribution in [0, 0.1) is 0 Å². The number of carbonyl (C=O) groups excluding carboxylic acids is 1. The number of rotatable bonds is 5. The van der Waals surface area contributed by atoms with Crippen molar-refractivity contribution in [1.29, 1.82) is 0 Å². The minimum atomic E-state index is -0.00345. The van der Waals surface area contributed by atoms with E-state index < -0.39 is 0 Å². The Labute approximate surface area is 177 Å². The predicted octanol–water partition coefficient (Wildman–Crippen LogP) is 2.90. The van der Waals surface area contributed by atoms with Gasteiger partial charge >= 0.3 is 0 Å².